The molecule has 0 atom stereocenters. The Morgan fingerprint density at radius 2 is 1.85 bits per heavy atom. The van der Waals surface area contributed by atoms with Crippen LogP contribution in [-0.2, 0) is 11.2 Å². The number of likely N-dealkylation sites (tertiary alicyclic amines) is 1. The lowest BCUT2D eigenvalue weighted by atomic mass is 10.0. The van der Waals surface area contributed by atoms with E-state index in [9.17, 15) is 22.8 Å². The Morgan fingerprint density at radius 3 is 2.50 bits per heavy atom. The van der Waals surface area contributed by atoms with Crippen molar-refractivity contribution in [2.75, 3.05) is 45.2 Å². The number of benzene rings is 2. The summed E-state index contributed by atoms with van der Waals surface area (Å²) in [6.07, 6.45) is 0.863. The van der Waals surface area contributed by atoms with Gasteiger partial charge in [-0.1, -0.05) is 13.0 Å². The molecular weight excluding hydrogens is 449 g/mol. The molecule has 10 heteroatoms. The smallest absolute Gasteiger partial charge is 0.256 e. The van der Waals surface area contributed by atoms with E-state index in [1.54, 1.807) is 13.1 Å². The van der Waals surface area contributed by atoms with Gasteiger partial charge in [-0.2, -0.15) is 0 Å². The molecule has 0 spiro atoms. The van der Waals surface area contributed by atoms with E-state index in [1.165, 1.54) is 17.0 Å². The summed E-state index contributed by atoms with van der Waals surface area (Å²) in [6.45, 7) is 3.26. The molecule has 184 valence electrons. The number of carbonyl (C=O) groups excluding carboxylic acids is 2. The first kappa shape index (κ1) is 25.5. The van der Waals surface area contributed by atoms with E-state index in [1.807, 2.05) is 11.8 Å². The minimum atomic E-state index is -1.28. The van der Waals surface area contributed by atoms with Gasteiger partial charge >= 0.3 is 0 Å². The monoisotopic (exact) mass is 478 g/mol. The van der Waals surface area contributed by atoms with Gasteiger partial charge in [0.25, 0.3) is 5.91 Å². The maximum Gasteiger partial charge on any atom is 0.256 e. The summed E-state index contributed by atoms with van der Waals surface area (Å²) in [5.41, 5.74) is 0.101. The summed E-state index contributed by atoms with van der Waals surface area (Å²) in [4.78, 5) is 28.3. The van der Waals surface area contributed by atoms with Crippen LogP contribution in [0.25, 0.3) is 0 Å². The maximum absolute atomic E-state index is 14.6. The molecule has 2 aromatic rings. The molecule has 34 heavy (non-hydrogen) atoms. The summed E-state index contributed by atoms with van der Waals surface area (Å²) in [7, 11) is 1.80. The number of amides is 2. The number of likely N-dealkylation sites (N-methyl/N-ethyl adjacent to an activating group) is 1. The summed E-state index contributed by atoms with van der Waals surface area (Å²) < 4.78 is 43.0. The van der Waals surface area contributed by atoms with E-state index in [-0.39, 0.29) is 49.3 Å². The first-order chi connectivity index (χ1) is 16.2. The lowest BCUT2D eigenvalue weighted by Gasteiger charge is -2.40. The quantitative estimate of drug-likeness (QED) is 0.489. The van der Waals surface area contributed by atoms with Crippen LogP contribution in [0.5, 0.6) is 0 Å². The number of aliphatic hydroxyl groups is 1. The molecule has 0 radical (unpaired) electrons. The number of anilines is 2. The van der Waals surface area contributed by atoms with Crippen LogP contribution in [0.3, 0.4) is 0 Å². The minimum Gasteiger partial charge on any atom is -0.395 e. The van der Waals surface area contributed by atoms with Crippen molar-refractivity contribution < 1.29 is 27.9 Å². The molecule has 0 unspecified atom stereocenters. The maximum atomic E-state index is 14.6. The molecule has 2 aromatic carbocycles. The van der Waals surface area contributed by atoms with Crippen molar-refractivity contribution in [3.63, 3.8) is 0 Å². The molecule has 2 amide bonds. The molecule has 3 rings (SSSR count). The normalized spacial score (nSPS) is 13.7. The number of rotatable bonds is 10. The first-order valence-corrected chi connectivity index (χ1v) is 11.1. The summed E-state index contributed by atoms with van der Waals surface area (Å²) in [5.74, 6) is -3.81. The van der Waals surface area contributed by atoms with E-state index >= 15 is 0 Å². The van der Waals surface area contributed by atoms with Crippen molar-refractivity contribution in [1.29, 1.82) is 0 Å². The number of nitrogens with one attached hydrogen (secondary N) is 2. The van der Waals surface area contributed by atoms with Gasteiger partial charge < -0.3 is 25.5 Å². The van der Waals surface area contributed by atoms with Crippen LogP contribution >= 0.6 is 0 Å². The van der Waals surface area contributed by atoms with E-state index in [4.69, 9.17) is 5.11 Å². The van der Waals surface area contributed by atoms with E-state index < -0.39 is 29.0 Å². The average molecular weight is 479 g/mol. The zero-order valence-electron chi connectivity index (χ0n) is 19.2. The first-order valence-electron chi connectivity index (χ1n) is 11.1. The van der Waals surface area contributed by atoms with Gasteiger partial charge in [-0.25, -0.2) is 13.2 Å². The molecule has 0 bridgehead atoms. The zero-order valence-corrected chi connectivity index (χ0v) is 19.2. The Kier molecular flexibility index (Phi) is 8.51. The van der Waals surface area contributed by atoms with Gasteiger partial charge in [0.1, 0.15) is 5.82 Å². The molecule has 0 aliphatic carbocycles. The number of carbonyl (C=O) groups is 2. The lowest BCUT2D eigenvalue weighted by molar-refractivity contribution is -0.123. The van der Waals surface area contributed by atoms with Gasteiger partial charge in [-0.3, -0.25) is 9.59 Å². The highest BCUT2D eigenvalue weighted by atomic mass is 19.2. The third-order valence-electron chi connectivity index (χ3n) is 5.76. The molecule has 7 nitrogen and oxygen atoms in total. The lowest BCUT2D eigenvalue weighted by Crippen LogP contribution is -2.61. The molecular formula is C24H29F3N4O3. The average Bonchev–Trinajstić information content (AvgIpc) is 2.78. The van der Waals surface area contributed by atoms with Crippen LogP contribution in [0.2, 0.25) is 0 Å². The largest absolute Gasteiger partial charge is 0.395 e. The van der Waals surface area contributed by atoms with Crippen molar-refractivity contribution >= 4 is 23.2 Å². The van der Waals surface area contributed by atoms with Crippen LogP contribution in [0.15, 0.2) is 30.3 Å². The molecule has 1 saturated heterocycles. The topological polar surface area (TPSA) is 84.9 Å². The number of halogens is 3. The van der Waals surface area contributed by atoms with Crippen molar-refractivity contribution in [2.24, 2.45) is 0 Å². The molecule has 1 fully saturated rings. The van der Waals surface area contributed by atoms with Gasteiger partial charge in [0.15, 0.2) is 11.6 Å². The molecule has 0 aromatic heterocycles. The highest BCUT2D eigenvalue weighted by molar-refractivity contribution is 6.01. The molecule has 0 saturated carbocycles. The Morgan fingerprint density at radius 1 is 1.12 bits per heavy atom. The molecule has 1 aliphatic heterocycles. The van der Waals surface area contributed by atoms with Crippen LogP contribution < -0.4 is 10.6 Å². The fraction of sp³-hybridized carbons (Fsp3) is 0.417. The second-order valence-electron chi connectivity index (χ2n) is 8.33. The highest BCUT2D eigenvalue weighted by Crippen LogP contribution is 2.30. The van der Waals surface area contributed by atoms with Gasteiger partial charge in [0, 0.05) is 32.6 Å². The van der Waals surface area contributed by atoms with Crippen LogP contribution in [0.1, 0.15) is 29.3 Å². The summed E-state index contributed by atoms with van der Waals surface area (Å²) >= 11 is 0. The van der Waals surface area contributed by atoms with Crippen molar-refractivity contribution in [1.82, 2.24) is 15.1 Å². The summed E-state index contributed by atoms with van der Waals surface area (Å²) in [6, 6.07) is 6.14. The fourth-order valence-electron chi connectivity index (χ4n) is 3.65. The number of hydrogen-bond acceptors (Lipinski definition) is 5. The van der Waals surface area contributed by atoms with Crippen LogP contribution in [-0.4, -0.2) is 72.6 Å². The number of hydrogen-bond donors (Lipinski definition) is 3. The number of aryl methyl sites for hydroxylation is 1. The third kappa shape index (κ3) is 6.06. The van der Waals surface area contributed by atoms with Crippen LogP contribution in [0, 0.1) is 17.5 Å². The number of aliphatic hydroxyl groups excluding tert-OH is 1. The van der Waals surface area contributed by atoms with E-state index in [0.29, 0.717) is 19.5 Å². The second kappa shape index (κ2) is 11.3. The molecule has 3 N–H and O–H groups in total. The summed E-state index contributed by atoms with van der Waals surface area (Å²) in [5, 5.41) is 14.3. The highest BCUT2D eigenvalue weighted by Gasteiger charge is 2.34. The van der Waals surface area contributed by atoms with E-state index in [2.05, 4.69) is 10.6 Å². The minimum absolute atomic E-state index is 0.00926. The van der Waals surface area contributed by atoms with Crippen molar-refractivity contribution in [3.8, 4) is 0 Å². The standard InChI is InChI=1S/C24H29F3N4O3/c1-3-15-4-7-20(19(26)12-15)29-23-17(5-6-18(25)22(23)27)24(34)31-13-16(14-31)28-21(33)8-9-30(2)10-11-32/h4-7,12,16,29,32H,3,8-11,13-14H2,1-2H3,(H,28,33). The Bertz CT molecular complexity index is 1040. The third-order valence-corrected chi connectivity index (χ3v) is 5.76. The Hall–Kier alpha value is -3.11. The fourth-order valence-corrected chi connectivity index (χ4v) is 3.65. The van der Waals surface area contributed by atoms with E-state index in [0.717, 1.165) is 17.7 Å². The van der Waals surface area contributed by atoms with Gasteiger partial charge in [0.05, 0.1) is 29.6 Å². The molecule has 1 aliphatic rings. The predicted molar refractivity (Wildman–Crippen MR) is 122 cm³/mol. The molecule has 1 heterocycles. The Balaban J connectivity index is 1.65. The number of nitrogens with zero attached hydrogens (tertiary/aromatic N) is 2. The second-order valence-corrected chi connectivity index (χ2v) is 8.33. The Labute approximate surface area is 196 Å². The van der Waals surface area contributed by atoms with Gasteiger partial charge in [-0.15, -0.1) is 0 Å². The van der Waals surface area contributed by atoms with Gasteiger partial charge in [-0.05, 0) is 43.3 Å². The SMILES string of the molecule is CCc1ccc(Nc2c(C(=O)N3CC(NC(=O)CCN(C)CCO)C3)ccc(F)c2F)c(F)c1. The predicted octanol–water partition coefficient (Wildman–Crippen LogP) is 2.66. The van der Waals surface area contributed by atoms with Crippen molar-refractivity contribution in [3.05, 3.63) is 58.9 Å². The zero-order chi connectivity index (χ0) is 24.8. The van der Waals surface area contributed by atoms with Gasteiger partial charge in [0.2, 0.25) is 5.91 Å². The van der Waals surface area contributed by atoms with Crippen molar-refractivity contribution in [2.45, 2.75) is 25.8 Å². The van der Waals surface area contributed by atoms with Crippen LogP contribution in [0.4, 0.5) is 24.5 Å².